The monoisotopic (exact) mass is 241 g/mol. The lowest BCUT2D eigenvalue weighted by Gasteiger charge is -2.26. The Morgan fingerprint density at radius 2 is 1.94 bits per heavy atom. The number of hydrogen-bond donors (Lipinski definition) is 1. The van der Waals surface area contributed by atoms with Gasteiger partial charge in [-0.1, -0.05) is 0 Å². The summed E-state index contributed by atoms with van der Waals surface area (Å²) in [5.41, 5.74) is 1.69. The number of nitrogens with zero attached hydrogens (tertiary/aromatic N) is 2. The van der Waals surface area contributed by atoms with Crippen LogP contribution in [-0.2, 0) is 11.4 Å². The molecule has 0 saturated heterocycles. The van der Waals surface area contributed by atoms with Crippen molar-refractivity contribution >= 4 is 11.4 Å². The molecule has 0 fully saturated rings. The summed E-state index contributed by atoms with van der Waals surface area (Å²) in [7, 11) is 0. The Bertz CT molecular complexity index is 334. The molecule has 1 aromatic heterocycles. The van der Waals surface area contributed by atoms with Gasteiger partial charge in [-0.15, -0.1) is 4.72 Å². The molecule has 0 aliphatic carbocycles. The molecule has 1 rings (SSSR count). The van der Waals surface area contributed by atoms with Crippen LogP contribution in [0.25, 0.3) is 0 Å². The predicted octanol–water partition coefficient (Wildman–Crippen LogP) is 1.90. The van der Waals surface area contributed by atoms with Gasteiger partial charge in [0.05, 0.1) is 23.6 Å². The van der Waals surface area contributed by atoms with Crippen molar-refractivity contribution in [3.8, 4) is 0 Å². The van der Waals surface area contributed by atoms with E-state index in [9.17, 15) is 4.55 Å². The highest BCUT2D eigenvalue weighted by Crippen LogP contribution is 2.17. The van der Waals surface area contributed by atoms with Gasteiger partial charge in [0, 0.05) is 17.6 Å². The van der Waals surface area contributed by atoms with E-state index >= 15 is 0 Å². The molecule has 1 N–H and O–H groups in total. The van der Waals surface area contributed by atoms with E-state index in [2.05, 4.69) is 14.7 Å². The summed E-state index contributed by atoms with van der Waals surface area (Å²) in [6, 6.07) is -0.0619. The fourth-order valence-corrected chi connectivity index (χ4v) is 1.82. The first-order chi connectivity index (χ1) is 7.30. The van der Waals surface area contributed by atoms with Gasteiger partial charge in [-0.25, -0.2) is 0 Å². The van der Waals surface area contributed by atoms with Crippen LogP contribution in [-0.4, -0.2) is 19.3 Å². The molecule has 2 atom stereocenters. The maximum atomic E-state index is 11.9. The Labute approximate surface area is 100 Å². The van der Waals surface area contributed by atoms with Crippen LogP contribution in [0.5, 0.6) is 0 Å². The standard InChI is InChI=1S/C11H19N3OS/c1-8-6-13-10(7-12-8)9(2)14-16(15)11(3,4)5/h6-7,9,14H,1-5H3/t9-,16?/m1/s1. The zero-order chi connectivity index (χ0) is 12.3. The molecule has 1 heterocycles. The molecule has 16 heavy (non-hydrogen) atoms. The molecule has 90 valence electrons. The predicted molar refractivity (Wildman–Crippen MR) is 66.2 cm³/mol. The molecular formula is C11H19N3OS. The van der Waals surface area contributed by atoms with E-state index in [1.165, 1.54) is 0 Å². The third-order valence-corrected chi connectivity index (χ3v) is 3.76. The van der Waals surface area contributed by atoms with Crippen LogP contribution in [0.4, 0.5) is 0 Å². The molecule has 5 heteroatoms. The van der Waals surface area contributed by atoms with Crippen LogP contribution >= 0.6 is 0 Å². The smallest absolute Gasteiger partial charge is 0.136 e. The summed E-state index contributed by atoms with van der Waals surface area (Å²) in [6.45, 7) is 9.63. The molecule has 0 bridgehead atoms. The van der Waals surface area contributed by atoms with Gasteiger partial charge in [-0.05, 0) is 34.6 Å². The van der Waals surface area contributed by atoms with Gasteiger partial charge in [-0.3, -0.25) is 9.97 Å². The third kappa shape index (κ3) is 3.73. The van der Waals surface area contributed by atoms with E-state index in [1.54, 1.807) is 12.4 Å². The number of aromatic nitrogens is 2. The molecule has 0 amide bonds. The van der Waals surface area contributed by atoms with Gasteiger partial charge in [-0.2, -0.15) is 0 Å². The summed E-state index contributed by atoms with van der Waals surface area (Å²) in [6.07, 6.45) is 3.43. The van der Waals surface area contributed by atoms with Crippen molar-refractivity contribution in [1.29, 1.82) is 0 Å². The lowest BCUT2D eigenvalue weighted by Crippen LogP contribution is -2.40. The summed E-state index contributed by atoms with van der Waals surface area (Å²) >= 11 is -1.09. The molecule has 0 saturated carbocycles. The highest BCUT2D eigenvalue weighted by atomic mass is 32.2. The van der Waals surface area contributed by atoms with Gasteiger partial charge in [0.2, 0.25) is 0 Å². The Hall–Kier alpha value is -0.650. The van der Waals surface area contributed by atoms with Crippen LogP contribution in [0.3, 0.4) is 0 Å². The highest BCUT2D eigenvalue weighted by Gasteiger charge is 2.28. The Morgan fingerprint density at radius 3 is 2.38 bits per heavy atom. The maximum Gasteiger partial charge on any atom is 0.136 e. The first-order valence-corrected chi connectivity index (χ1v) is 6.42. The minimum atomic E-state index is -1.09. The molecule has 0 aliphatic rings. The number of rotatable bonds is 3. The number of aryl methyl sites for hydroxylation is 1. The minimum Gasteiger partial charge on any atom is -0.598 e. The van der Waals surface area contributed by atoms with Crippen molar-refractivity contribution in [3.63, 3.8) is 0 Å². The van der Waals surface area contributed by atoms with Crippen molar-refractivity contribution < 1.29 is 4.55 Å². The topological polar surface area (TPSA) is 60.9 Å². The van der Waals surface area contributed by atoms with Crippen molar-refractivity contribution in [2.24, 2.45) is 0 Å². The van der Waals surface area contributed by atoms with Crippen molar-refractivity contribution in [2.75, 3.05) is 0 Å². The second-order valence-corrected chi connectivity index (χ2v) is 6.80. The van der Waals surface area contributed by atoms with Gasteiger partial charge >= 0.3 is 0 Å². The van der Waals surface area contributed by atoms with Crippen LogP contribution in [0.1, 0.15) is 45.1 Å². The molecule has 0 aliphatic heterocycles. The van der Waals surface area contributed by atoms with E-state index in [0.29, 0.717) is 0 Å². The molecule has 1 aromatic rings. The second kappa shape index (κ2) is 5.12. The Morgan fingerprint density at radius 1 is 1.31 bits per heavy atom. The van der Waals surface area contributed by atoms with Crippen LogP contribution in [0.15, 0.2) is 12.4 Å². The number of hydrogen-bond acceptors (Lipinski definition) is 4. The fraction of sp³-hybridized carbons (Fsp3) is 0.636. The second-order valence-electron chi connectivity index (χ2n) is 4.80. The zero-order valence-electron chi connectivity index (χ0n) is 10.4. The normalized spacial score (nSPS) is 15.9. The molecule has 4 nitrogen and oxygen atoms in total. The van der Waals surface area contributed by atoms with Gasteiger partial charge in [0.25, 0.3) is 0 Å². The molecule has 0 radical (unpaired) electrons. The molecule has 0 aromatic carbocycles. The minimum absolute atomic E-state index is 0.0619. The molecule has 1 unspecified atom stereocenters. The largest absolute Gasteiger partial charge is 0.598 e. The van der Waals surface area contributed by atoms with Gasteiger partial charge in [0.15, 0.2) is 0 Å². The van der Waals surface area contributed by atoms with Crippen LogP contribution in [0, 0.1) is 6.92 Å². The number of nitrogens with one attached hydrogen (secondary N) is 1. The average molecular weight is 241 g/mol. The summed E-state index contributed by atoms with van der Waals surface area (Å²) in [5.74, 6) is 0. The fourth-order valence-electron chi connectivity index (χ4n) is 1.02. The van der Waals surface area contributed by atoms with E-state index in [4.69, 9.17) is 0 Å². The van der Waals surface area contributed by atoms with Crippen molar-refractivity contribution in [3.05, 3.63) is 23.8 Å². The lowest BCUT2D eigenvalue weighted by atomic mass is 10.2. The zero-order valence-corrected chi connectivity index (χ0v) is 11.3. The SMILES string of the molecule is Cc1cnc([C@@H](C)N[S+]([O-])C(C)(C)C)cn1. The Kier molecular flexibility index (Phi) is 4.29. The quantitative estimate of drug-likeness (QED) is 0.821. The van der Waals surface area contributed by atoms with E-state index < -0.39 is 11.4 Å². The van der Waals surface area contributed by atoms with E-state index in [-0.39, 0.29) is 10.8 Å². The van der Waals surface area contributed by atoms with Gasteiger partial charge < -0.3 is 4.55 Å². The summed E-state index contributed by atoms with van der Waals surface area (Å²) in [5, 5.41) is 0. The summed E-state index contributed by atoms with van der Waals surface area (Å²) in [4.78, 5) is 8.42. The highest BCUT2D eigenvalue weighted by molar-refractivity contribution is 7.90. The van der Waals surface area contributed by atoms with Crippen molar-refractivity contribution in [1.82, 2.24) is 14.7 Å². The van der Waals surface area contributed by atoms with Gasteiger partial charge in [0.1, 0.15) is 4.75 Å². The first-order valence-electron chi connectivity index (χ1n) is 5.27. The molecular weight excluding hydrogens is 222 g/mol. The van der Waals surface area contributed by atoms with Crippen LogP contribution < -0.4 is 4.72 Å². The van der Waals surface area contributed by atoms with Crippen LogP contribution in [0.2, 0.25) is 0 Å². The maximum absolute atomic E-state index is 11.9. The Balaban J connectivity index is 2.65. The summed E-state index contributed by atoms with van der Waals surface area (Å²) < 4.78 is 14.6. The first kappa shape index (κ1) is 13.4. The average Bonchev–Trinajstić information content (AvgIpc) is 2.17. The van der Waals surface area contributed by atoms with Crippen molar-refractivity contribution in [2.45, 2.75) is 45.4 Å². The lowest BCUT2D eigenvalue weighted by molar-refractivity contribution is 0.528. The third-order valence-electron chi connectivity index (χ3n) is 2.08. The van der Waals surface area contributed by atoms with E-state index in [1.807, 2.05) is 34.6 Å². The van der Waals surface area contributed by atoms with E-state index in [0.717, 1.165) is 11.4 Å². The molecule has 0 spiro atoms.